The van der Waals surface area contributed by atoms with Gasteiger partial charge in [0.15, 0.2) is 0 Å². The van der Waals surface area contributed by atoms with Gasteiger partial charge in [-0.1, -0.05) is 23.3 Å². The van der Waals surface area contributed by atoms with Crippen molar-refractivity contribution in [3.8, 4) is 5.69 Å². The van der Waals surface area contributed by atoms with E-state index in [0.717, 1.165) is 37.8 Å². The number of likely N-dealkylation sites (N-methyl/N-ethyl adjacent to an activating group) is 2. The molecule has 0 spiro atoms. The number of quaternary nitrogens is 1. The predicted molar refractivity (Wildman–Crippen MR) is 82.1 cm³/mol. The van der Waals surface area contributed by atoms with Crippen LogP contribution in [0.5, 0.6) is 0 Å². The Hall–Kier alpha value is -1.83. The standard InChI is InChI=1S/C14H22N7/c1-19-8-9-21(2,11-12(15)10-19)14-16-17-18-20(14)13-6-4-3-5-7-13/h3-7,12H,8-11,15H2,1-2H3/q+1. The Bertz CT molecular complexity index is 596. The predicted octanol–water partition coefficient (Wildman–Crippen LogP) is -0.128. The van der Waals surface area contributed by atoms with E-state index < -0.39 is 0 Å². The van der Waals surface area contributed by atoms with Crippen molar-refractivity contribution in [1.29, 1.82) is 0 Å². The Balaban J connectivity index is 1.98. The lowest BCUT2D eigenvalue weighted by Crippen LogP contribution is -2.54. The van der Waals surface area contributed by atoms with Crippen LogP contribution in [0.3, 0.4) is 0 Å². The zero-order valence-electron chi connectivity index (χ0n) is 12.6. The van der Waals surface area contributed by atoms with E-state index in [1.54, 1.807) is 0 Å². The molecule has 1 saturated heterocycles. The van der Waals surface area contributed by atoms with Crippen LogP contribution in [0.25, 0.3) is 5.69 Å². The zero-order valence-corrected chi connectivity index (χ0v) is 12.6. The summed E-state index contributed by atoms with van der Waals surface area (Å²) in [4.78, 5) is 2.27. The second kappa shape index (κ2) is 5.51. The maximum Gasteiger partial charge on any atom is 0.352 e. The minimum atomic E-state index is 0.114. The molecule has 1 aliphatic rings. The molecule has 21 heavy (non-hydrogen) atoms. The Morgan fingerprint density at radius 3 is 2.81 bits per heavy atom. The Morgan fingerprint density at radius 2 is 2.05 bits per heavy atom. The average molecular weight is 288 g/mol. The van der Waals surface area contributed by atoms with Gasteiger partial charge in [-0.05, 0) is 29.6 Å². The van der Waals surface area contributed by atoms with Gasteiger partial charge in [-0.25, -0.2) is 0 Å². The quantitative estimate of drug-likeness (QED) is 0.780. The van der Waals surface area contributed by atoms with Crippen molar-refractivity contribution >= 4 is 5.95 Å². The van der Waals surface area contributed by atoms with Crippen molar-refractivity contribution in [2.75, 3.05) is 40.3 Å². The van der Waals surface area contributed by atoms with E-state index in [9.17, 15) is 0 Å². The molecule has 0 amide bonds. The highest BCUT2D eigenvalue weighted by atomic mass is 15.6. The molecule has 2 atom stereocenters. The molecule has 112 valence electrons. The molecule has 2 aromatic rings. The zero-order chi connectivity index (χ0) is 14.9. The van der Waals surface area contributed by atoms with E-state index in [1.807, 2.05) is 35.0 Å². The lowest BCUT2D eigenvalue weighted by atomic mass is 10.2. The molecule has 7 heteroatoms. The van der Waals surface area contributed by atoms with Crippen LogP contribution in [0.15, 0.2) is 30.3 Å². The summed E-state index contributed by atoms with van der Waals surface area (Å²) in [5.41, 5.74) is 7.24. The molecule has 1 aromatic heterocycles. The van der Waals surface area contributed by atoms with E-state index in [4.69, 9.17) is 5.73 Å². The van der Waals surface area contributed by atoms with Gasteiger partial charge in [0.05, 0.1) is 25.3 Å². The third-order valence-corrected chi connectivity index (χ3v) is 4.10. The summed E-state index contributed by atoms with van der Waals surface area (Å²) < 4.78 is 2.46. The fourth-order valence-electron chi connectivity index (χ4n) is 2.99. The van der Waals surface area contributed by atoms with Gasteiger partial charge in [-0.15, -0.1) is 4.68 Å². The number of rotatable bonds is 2. The first kappa shape index (κ1) is 14.1. The summed E-state index contributed by atoms with van der Waals surface area (Å²) in [5.74, 6) is 0.840. The molecule has 2 N–H and O–H groups in total. The second-order valence-corrected chi connectivity index (χ2v) is 6.05. The Labute approximate surface area is 124 Å². The summed E-state index contributed by atoms with van der Waals surface area (Å²) >= 11 is 0. The van der Waals surface area contributed by atoms with Crippen molar-refractivity contribution in [3.05, 3.63) is 30.3 Å². The van der Waals surface area contributed by atoms with Crippen molar-refractivity contribution in [1.82, 2.24) is 29.6 Å². The first-order chi connectivity index (χ1) is 10.1. The van der Waals surface area contributed by atoms with Gasteiger partial charge in [0.2, 0.25) is 0 Å². The minimum absolute atomic E-state index is 0.114. The largest absolute Gasteiger partial charge is 0.352 e. The summed E-state index contributed by atoms with van der Waals surface area (Å²) in [6, 6.07) is 10.1. The molecule has 0 saturated carbocycles. The number of nitrogens with zero attached hydrogens (tertiary/aromatic N) is 6. The molecule has 1 fully saturated rings. The molecule has 0 radical (unpaired) electrons. The van der Waals surface area contributed by atoms with E-state index >= 15 is 0 Å². The molecule has 1 aliphatic heterocycles. The number of aromatic nitrogens is 4. The number of nitrogens with two attached hydrogens (primary N) is 1. The molecular weight excluding hydrogens is 266 g/mol. The molecule has 7 nitrogen and oxygen atoms in total. The van der Waals surface area contributed by atoms with Crippen LogP contribution in [0.2, 0.25) is 0 Å². The number of hydrogen-bond acceptors (Lipinski definition) is 5. The van der Waals surface area contributed by atoms with Gasteiger partial charge in [-0.3, -0.25) is 9.38 Å². The summed E-state index contributed by atoms with van der Waals surface area (Å²) in [7, 11) is 4.26. The van der Waals surface area contributed by atoms with Gasteiger partial charge in [-0.2, -0.15) is 0 Å². The number of hydrogen-bond donors (Lipinski definition) is 1. The lowest BCUT2D eigenvalue weighted by molar-refractivity contribution is 0.302. The molecular formula is C14H22N7+. The van der Waals surface area contributed by atoms with Crippen molar-refractivity contribution < 1.29 is 0 Å². The molecule has 2 heterocycles. The maximum absolute atomic E-state index is 6.26. The van der Waals surface area contributed by atoms with Gasteiger partial charge < -0.3 is 5.73 Å². The van der Waals surface area contributed by atoms with Gasteiger partial charge >= 0.3 is 5.95 Å². The van der Waals surface area contributed by atoms with Crippen molar-refractivity contribution in [3.63, 3.8) is 0 Å². The monoisotopic (exact) mass is 288 g/mol. The van der Waals surface area contributed by atoms with Crippen LogP contribution >= 0.6 is 0 Å². The number of benzene rings is 1. The fourth-order valence-corrected chi connectivity index (χ4v) is 2.99. The molecule has 3 rings (SSSR count). The third kappa shape index (κ3) is 2.80. The molecule has 1 aromatic carbocycles. The lowest BCUT2D eigenvalue weighted by Gasteiger charge is -2.31. The van der Waals surface area contributed by atoms with Crippen LogP contribution in [-0.2, 0) is 0 Å². The van der Waals surface area contributed by atoms with E-state index in [-0.39, 0.29) is 6.04 Å². The Morgan fingerprint density at radius 1 is 1.29 bits per heavy atom. The summed E-state index contributed by atoms with van der Waals surface area (Å²) in [5, 5.41) is 12.3. The summed E-state index contributed by atoms with van der Waals surface area (Å²) in [6.45, 7) is 3.65. The molecule has 0 bridgehead atoms. The van der Waals surface area contributed by atoms with E-state index in [0.29, 0.717) is 4.48 Å². The van der Waals surface area contributed by atoms with Crippen LogP contribution in [-0.4, -0.2) is 71.4 Å². The maximum atomic E-state index is 6.26. The smallest absolute Gasteiger partial charge is 0.322 e. The molecule has 0 aliphatic carbocycles. The highest BCUT2D eigenvalue weighted by molar-refractivity contribution is 5.38. The van der Waals surface area contributed by atoms with Crippen molar-refractivity contribution in [2.45, 2.75) is 6.04 Å². The van der Waals surface area contributed by atoms with Gasteiger partial charge in [0.1, 0.15) is 6.54 Å². The summed E-state index contributed by atoms with van der Waals surface area (Å²) in [6.07, 6.45) is 0. The van der Waals surface area contributed by atoms with Crippen LogP contribution in [0, 0.1) is 0 Å². The fraction of sp³-hybridized carbons (Fsp3) is 0.500. The number of para-hydroxylation sites is 1. The minimum Gasteiger partial charge on any atom is -0.322 e. The van der Waals surface area contributed by atoms with E-state index in [2.05, 4.69) is 34.5 Å². The van der Waals surface area contributed by atoms with Crippen LogP contribution in [0.4, 0.5) is 5.95 Å². The highest BCUT2D eigenvalue weighted by Crippen LogP contribution is 2.22. The van der Waals surface area contributed by atoms with Gasteiger partial charge in [0.25, 0.3) is 0 Å². The van der Waals surface area contributed by atoms with Crippen LogP contribution < -0.4 is 10.2 Å². The van der Waals surface area contributed by atoms with Gasteiger partial charge in [0, 0.05) is 13.1 Å². The first-order valence-corrected chi connectivity index (χ1v) is 7.21. The molecule has 2 unspecified atom stereocenters. The average Bonchev–Trinajstić information content (AvgIpc) is 2.91. The van der Waals surface area contributed by atoms with Crippen LogP contribution in [0.1, 0.15) is 0 Å². The SMILES string of the molecule is CN1CC[N+](C)(c2nnnn2-c2ccccc2)CC(N)C1. The third-order valence-electron chi connectivity index (χ3n) is 4.10. The Kier molecular flexibility index (Phi) is 3.71. The highest BCUT2D eigenvalue weighted by Gasteiger charge is 2.36. The first-order valence-electron chi connectivity index (χ1n) is 7.21. The normalized spacial score (nSPS) is 27.5. The van der Waals surface area contributed by atoms with E-state index in [1.165, 1.54) is 0 Å². The van der Waals surface area contributed by atoms with Crippen molar-refractivity contribution in [2.24, 2.45) is 5.73 Å². The second-order valence-electron chi connectivity index (χ2n) is 6.05. The number of tetrazole rings is 1. The topological polar surface area (TPSA) is 72.9 Å².